The summed E-state index contributed by atoms with van der Waals surface area (Å²) in [5.74, 6) is -1.05. The molecule has 0 bridgehead atoms. The van der Waals surface area contributed by atoms with E-state index in [1.165, 1.54) is 19.4 Å². The second-order valence-electron chi connectivity index (χ2n) is 3.94. The number of carboxylic acid groups (broad SMARTS) is 1. The maximum atomic E-state index is 11.8. The highest BCUT2D eigenvalue weighted by atomic mass is 32.2. The number of carbonyl (C=O) groups is 1. The van der Waals surface area contributed by atoms with E-state index in [4.69, 9.17) is 5.11 Å². The molecule has 1 rings (SSSR count). The minimum absolute atomic E-state index is 0.00697. The van der Waals surface area contributed by atoms with Crippen LogP contribution in [0.4, 0.5) is 0 Å². The van der Waals surface area contributed by atoms with Crippen LogP contribution in [0.3, 0.4) is 0 Å². The molecule has 0 aliphatic heterocycles. The van der Waals surface area contributed by atoms with E-state index >= 15 is 0 Å². The van der Waals surface area contributed by atoms with Crippen LogP contribution < -0.4 is 4.72 Å². The standard InChI is InChI=1S/C10H16N4O4S/c1-8-5-12-9(6-11-8)7-13-19(17,18)14(2)4-3-10(15)16/h5-6,13H,3-4,7H2,1-2H3,(H,15,16). The first-order valence-electron chi connectivity index (χ1n) is 5.51. The van der Waals surface area contributed by atoms with Gasteiger partial charge in [0.25, 0.3) is 10.2 Å². The highest BCUT2D eigenvalue weighted by Crippen LogP contribution is 1.99. The van der Waals surface area contributed by atoms with Gasteiger partial charge in [-0.25, -0.2) is 0 Å². The molecule has 0 aliphatic carbocycles. The van der Waals surface area contributed by atoms with Crippen LogP contribution in [0.15, 0.2) is 12.4 Å². The second kappa shape index (κ2) is 6.55. The predicted octanol–water partition coefficient (Wildman–Crippen LogP) is -0.474. The first-order valence-corrected chi connectivity index (χ1v) is 6.95. The van der Waals surface area contributed by atoms with Crippen LogP contribution in [-0.4, -0.2) is 47.4 Å². The molecule has 0 unspecified atom stereocenters. The molecule has 0 radical (unpaired) electrons. The van der Waals surface area contributed by atoms with Crippen LogP contribution in [0.1, 0.15) is 17.8 Å². The molecule has 0 saturated heterocycles. The Morgan fingerprint density at radius 3 is 2.63 bits per heavy atom. The van der Waals surface area contributed by atoms with Crippen molar-refractivity contribution in [3.05, 3.63) is 23.8 Å². The average Bonchev–Trinajstić information content (AvgIpc) is 2.35. The van der Waals surface area contributed by atoms with Gasteiger partial charge in [0.2, 0.25) is 0 Å². The van der Waals surface area contributed by atoms with Gasteiger partial charge < -0.3 is 5.11 Å². The third kappa shape index (κ3) is 5.28. The Kier molecular flexibility index (Phi) is 5.33. The number of hydrogen-bond donors (Lipinski definition) is 2. The Bertz CT molecular complexity index is 529. The largest absolute Gasteiger partial charge is 0.481 e. The van der Waals surface area contributed by atoms with Crippen LogP contribution >= 0.6 is 0 Å². The summed E-state index contributed by atoms with van der Waals surface area (Å²) in [6.45, 7) is 1.69. The second-order valence-corrected chi connectivity index (χ2v) is 5.80. The van der Waals surface area contributed by atoms with Crippen molar-refractivity contribution < 1.29 is 18.3 Å². The van der Waals surface area contributed by atoms with Crippen molar-refractivity contribution in [3.8, 4) is 0 Å². The summed E-state index contributed by atoms with van der Waals surface area (Å²) in [5.41, 5.74) is 1.23. The van der Waals surface area contributed by atoms with Crippen LogP contribution in [0.25, 0.3) is 0 Å². The molecule has 1 aromatic rings. The number of rotatable bonds is 7. The molecule has 0 spiro atoms. The van der Waals surface area contributed by atoms with Gasteiger partial charge in [-0.05, 0) is 6.92 Å². The maximum absolute atomic E-state index is 11.8. The summed E-state index contributed by atoms with van der Waals surface area (Å²) in [5, 5.41) is 8.50. The van der Waals surface area contributed by atoms with Crippen molar-refractivity contribution in [2.45, 2.75) is 19.9 Å². The fraction of sp³-hybridized carbons (Fsp3) is 0.500. The minimum atomic E-state index is -3.71. The van der Waals surface area contributed by atoms with Gasteiger partial charge >= 0.3 is 5.97 Å². The summed E-state index contributed by atoms with van der Waals surface area (Å²) in [6.07, 6.45) is 2.77. The highest BCUT2D eigenvalue weighted by Gasteiger charge is 2.18. The Hall–Kier alpha value is -1.58. The number of nitrogens with one attached hydrogen (secondary N) is 1. The molecule has 1 heterocycles. The van der Waals surface area contributed by atoms with Crippen molar-refractivity contribution in [1.29, 1.82) is 0 Å². The van der Waals surface area contributed by atoms with Gasteiger partial charge in [-0.2, -0.15) is 17.4 Å². The first-order chi connectivity index (χ1) is 8.81. The molecule has 106 valence electrons. The molecule has 19 heavy (non-hydrogen) atoms. The van der Waals surface area contributed by atoms with Gasteiger partial charge in [0, 0.05) is 19.8 Å². The lowest BCUT2D eigenvalue weighted by atomic mass is 10.4. The molecular weight excluding hydrogens is 272 g/mol. The van der Waals surface area contributed by atoms with E-state index in [1.807, 2.05) is 0 Å². The normalized spacial score (nSPS) is 11.7. The molecule has 0 aromatic carbocycles. The van der Waals surface area contributed by atoms with E-state index in [0.717, 1.165) is 10.00 Å². The molecule has 0 saturated carbocycles. The Balaban J connectivity index is 2.54. The lowest BCUT2D eigenvalue weighted by Gasteiger charge is -2.16. The van der Waals surface area contributed by atoms with Gasteiger partial charge in [0.15, 0.2) is 0 Å². The summed E-state index contributed by atoms with van der Waals surface area (Å²) in [6, 6.07) is 0. The molecule has 9 heteroatoms. The Morgan fingerprint density at radius 1 is 1.42 bits per heavy atom. The number of aryl methyl sites for hydroxylation is 1. The molecule has 1 aromatic heterocycles. The van der Waals surface area contributed by atoms with E-state index in [0.29, 0.717) is 5.69 Å². The molecule has 0 atom stereocenters. The predicted molar refractivity (Wildman–Crippen MR) is 67.4 cm³/mol. The monoisotopic (exact) mass is 288 g/mol. The minimum Gasteiger partial charge on any atom is -0.481 e. The summed E-state index contributed by atoms with van der Waals surface area (Å²) in [7, 11) is -2.40. The zero-order chi connectivity index (χ0) is 14.5. The molecule has 0 amide bonds. The molecule has 0 aliphatic rings. The van der Waals surface area contributed by atoms with Gasteiger partial charge in [0.1, 0.15) is 0 Å². The van der Waals surface area contributed by atoms with Crippen molar-refractivity contribution in [2.24, 2.45) is 0 Å². The quantitative estimate of drug-likeness (QED) is 0.701. The zero-order valence-corrected chi connectivity index (χ0v) is 11.5. The first kappa shape index (κ1) is 15.5. The van der Waals surface area contributed by atoms with Gasteiger partial charge in [-0.1, -0.05) is 0 Å². The highest BCUT2D eigenvalue weighted by molar-refractivity contribution is 7.87. The van der Waals surface area contributed by atoms with Gasteiger partial charge in [-0.3, -0.25) is 14.8 Å². The maximum Gasteiger partial charge on any atom is 0.304 e. The molecular formula is C10H16N4O4S. The number of nitrogens with zero attached hydrogens (tertiary/aromatic N) is 3. The van der Waals surface area contributed by atoms with Crippen molar-refractivity contribution in [3.63, 3.8) is 0 Å². The van der Waals surface area contributed by atoms with E-state index in [-0.39, 0.29) is 19.5 Å². The lowest BCUT2D eigenvalue weighted by molar-refractivity contribution is -0.137. The third-order valence-electron chi connectivity index (χ3n) is 2.32. The van der Waals surface area contributed by atoms with E-state index in [9.17, 15) is 13.2 Å². The number of carboxylic acids is 1. The van der Waals surface area contributed by atoms with E-state index < -0.39 is 16.2 Å². The SMILES string of the molecule is Cc1cnc(CNS(=O)(=O)N(C)CCC(=O)O)cn1. The van der Waals surface area contributed by atoms with Crippen molar-refractivity contribution >= 4 is 16.2 Å². The van der Waals surface area contributed by atoms with Crippen molar-refractivity contribution in [2.75, 3.05) is 13.6 Å². The average molecular weight is 288 g/mol. The number of aromatic nitrogens is 2. The Labute approximate surface area is 111 Å². The van der Waals surface area contributed by atoms with Crippen molar-refractivity contribution in [1.82, 2.24) is 19.0 Å². The number of aliphatic carboxylic acids is 1. The Morgan fingerprint density at radius 2 is 2.11 bits per heavy atom. The van der Waals surface area contributed by atoms with E-state index in [1.54, 1.807) is 6.92 Å². The molecule has 8 nitrogen and oxygen atoms in total. The lowest BCUT2D eigenvalue weighted by Crippen LogP contribution is -2.39. The summed E-state index contributed by atoms with van der Waals surface area (Å²) in [4.78, 5) is 18.4. The van der Waals surface area contributed by atoms with E-state index in [2.05, 4.69) is 14.7 Å². The third-order valence-corrected chi connectivity index (χ3v) is 3.83. The summed E-state index contributed by atoms with van der Waals surface area (Å²) >= 11 is 0. The zero-order valence-electron chi connectivity index (χ0n) is 10.7. The van der Waals surface area contributed by atoms with Crippen LogP contribution in [0, 0.1) is 6.92 Å². The summed E-state index contributed by atoms with van der Waals surface area (Å²) < 4.78 is 26.8. The molecule has 0 fully saturated rings. The van der Waals surface area contributed by atoms with Crippen LogP contribution in [-0.2, 0) is 21.5 Å². The topological polar surface area (TPSA) is 112 Å². The van der Waals surface area contributed by atoms with Crippen LogP contribution in [0.5, 0.6) is 0 Å². The van der Waals surface area contributed by atoms with Gasteiger partial charge in [-0.15, -0.1) is 0 Å². The number of hydrogen-bond acceptors (Lipinski definition) is 5. The fourth-order valence-corrected chi connectivity index (χ4v) is 2.04. The smallest absolute Gasteiger partial charge is 0.304 e. The van der Waals surface area contributed by atoms with Gasteiger partial charge in [0.05, 0.1) is 30.6 Å². The van der Waals surface area contributed by atoms with Crippen LogP contribution in [0.2, 0.25) is 0 Å². The fourth-order valence-electron chi connectivity index (χ4n) is 1.16. The molecule has 2 N–H and O–H groups in total.